The van der Waals surface area contributed by atoms with Crippen LogP contribution in [0.15, 0.2) is 35.1 Å². The van der Waals surface area contributed by atoms with Crippen LogP contribution in [0.3, 0.4) is 0 Å². The molecule has 0 radical (unpaired) electrons. The Labute approximate surface area is 99.9 Å². The molecule has 1 saturated heterocycles. The first-order chi connectivity index (χ1) is 8.25. The summed E-state index contributed by atoms with van der Waals surface area (Å²) in [5.74, 6) is 0.999. The van der Waals surface area contributed by atoms with Gasteiger partial charge in [0, 0.05) is 23.5 Å². The minimum atomic E-state index is 0.0252. The van der Waals surface area contributed by atoms with Crippen LogP contribution in [0.2, 0.25) is 0 Å². The summed E-state index contributed by atoms with van der Waals surface area (Å²) in [5, 5.41) is 5.17. The van der Waals surface area contributed by atoms with Gasteiger partial charge in [0.25, 0.3) is 5.56 Å². The Kier molecular flexibility index (Phi) is 2.48. The number of pyridine rings is 1. The second kappa shape index (κ2) is 4.00. The van der Waals surface area contributed by atoms with Crippen molar-refractivity contribution in [3.63, 3.8) is 0 Å². The summed E-state index contributed by atoms with van der Waals surface area (Å²) >= 11 is 0. The minimum absolute atomic E-state index is 0.0252. The van der Waals surface area contributed by atoms with Crippen molar-refractivity contribution in [2.24, 2.45) is 5.92 Å². The lowest BCUT2D eigenvalue weighted by molar-refractivity contribution is 0.560. The highest BCUT2D eigenvalue weighted by molar-refractivity contribution is 5.81. The number of fused-ring (bicyclic) bond motifs is 1. The Morgan fingerprint density at radius 3 is 2.82 bits per heavy atom. The molecule has 0 amide bonds. The van der Waals surface area contributed by atoms with Crippen LogP contribution < -0.4 is 10.9 Å². The van der Waals surface area contributed by atoms with Crippen molar-refractivity contribution >= 4 is 10.8 Å². The molecule has 2 aromatic rings. The van der Waals surface area contributed by atoms with Gasteiger partial charge in [-0.2, -0.15) is 0 Å². The number of aromatic nitrogens is 1. The van der Waals surface area contributed by atoms with E-state index >= 15 is 0 Å². The Balaban J connectivity index is 2.15. The van der Waals surface area contributed by atoms with Crippen molar-refractivity contribution in [1.82, 2.24) is 10.3 Å². The van der Waals surface area contributed by atoms with Crippen molar-refractivity contribution in [3.8, 4) is 0 Å². The fraction of sp³-hybridized carbons (Fsp3) is 0.357. The summed E-state index contributed by atoms with van der Waals surface area (Å²) in [6.45, 7) is 4.20. The molecule has 1 aromatic heterocycles. The number of rotatable bonds is 1. The molecule has 3 nitrogen and oxygen atoms in total. The maximum Gasteiger partial charge on any atom is 0.256 e. The van der Waals surface area contributed by atoms with Gasteiger partial charge < -0.3 is 10.3 Å². The highest BCUT2D eigenvalue weighted by Gasteiger charge is 2.25. The Morgan fingerprint density at radius 2 is 2.06 bits per heavy atom. The third-order valence-corrected chi connectivity index (χ3v) is 3.69. The van der Waals surface area contributed by atoms with Crippen molar-refractivity contribution in [2.75, 3.05) is 13.1 Å². The van der Waals surface area contributed by atoms with Gasteiger partial charge in [-0.1, -0.05) is 25.1 Å². The fourth-order valence-electron chi connectivity index (χ4n) is 2.66. The van der Waals surface area contributed by atoms with E-state index in [0.717, 1.165) is 29.6 Å². The summed E-state index contributed by atoms with van der Waals surface area (Å²) in [6.07, 6.45) is 0. The first-order valence-electron chi connectivity index (χ1n) is 6.08. The quantitative estimate of drug-likeness (QED) is 0.782. The number of nitrogens with one attached hydrogen (secondary N) is 2. The summed E-state index contributed by atoms with van der Waals surface area (Å²) < 4.78 is 0. The van der Waals surface area contributed by atoms with Crippen LogP contribution in [0.25, 0.3) is 10.8 Å². The van der Waals surface area contributed by atoms with Crippen LogP contribution in [0.4, 0.5) is 0 Å². The normalized spacial score (nSPS) is 24.3. The first kappa shape index (κ1) is 10.5. The van der Waals surface area contributed by atoms with Crippen molar-refractivity contribution in [2.45, 2.75) is 12.8 Å². The largest absolute Gasteiger partial charge is 0.325 e. The maximum absolute atomic E-state index is 12.0. The first-order valence-corrected chi connectivity index (χ1v) is 6.08. The number of hydrogen-bond acceptors (Lipinski definition) is 2. The summed E-state index contributed by atoms with van der Waals surface area (Å²) in [7, 11) is 0. The molecule has 2 N–H and O–H groups in total. The van der Waals surface area contributed by atoms with Crippen molar-refractivity contribution in [1.29, 1.82) is 0 Å². The van der Waals surface area contributed by atoms with Gasteiger partial charge in [-0.05, 0) is 30.0 Å². The molecule has 0 aliphatic carbocycles. The number of benzene rings is 1. The van der Waals surface area contributed by atoms with E-state index in [0.29, 0.717) is 11.8 Å². The van der Waals surface area contributed by atoms with Crippen LogP contribution in [-0.2, 0) is 0 Å². The van der Waals surface area contributed by atoms with Crippen LogP contribution in [-0.4, -0.2) is 18.1 Å². The van der Waals surface area contributed by atoms with E-state index in [1.54, 1.807) is 0 Å². The fourth-order valence-corrected chi connectivity index (χ4v) is 2.66. The zero-order valence-corrected chi connectivity index (χ0v) is 9.86. The average Bonchev–Trinajstić information content (AvgIpc) is 2.75. The van der Waals surface area contributed by atoms with Crippen LogP contribution in [0, 0.1) is 5.92 Å². The number of H-pyrrole nitrogens is 1. The van der Waals surface area contributed by atoms with E-state index < -0.39 is 0 Å². The molecule has 1 aliphatic heterocycles. The Hall–Kier alpha value is -1.61. The molecular formula is C14H16N2O. The molecule has 1 fully saturated rings. The molecule has 1 aromatic carbocycles. The lowest BCUT2D eigenvalue weighted by atomic mass is 9.93. The van der Waals surface area contributed by atoms with Gasteiger partial charge in [-0.3, -0.25) is 4.79 Å². The van der Waals surface area contributed by atoms with Crippen molar-refractivity contribution < 1.29 is 0 Å². The van der Waals surface area contributed by atoms with Gasteiger partial charge >= 0.3 is 0 Å². The molecule has 88 valence electrons. The Morgan fingerprint density at radius 1 is 1.24 bits per heavy atom. The van der Waals surface area contributed by atoms with E-state index in [-0.39, 0.29) is 5.56 Å². The SMILES string of the molecule is C[C@@H]1CNC[C@H]1c1cc2ccccc2c(=O)[nH]1. The molecule has 3 heteroatoms. The monoisotopic (exact) mass is 228 g/mol. The second-order valence-corrected chi connectivity index (χ2v) is 4.88. The highest BCUT2D eigenvalue weighted by atomic mass is 16.1. The predicted molar refractivity (Wildman–Crippen MR) is 69.3 cm³/mol. The molecule has 2 atom stereocenters. The Bertz CT molecular complexity index is 602. The molecule has 0 unspecified atom stereocenters. The highest BCUT2D eigenvalue weighted by Crippen LogP contribution is 2.26. The van der Waals surface area contributed by atoms with Gasteiger partial charge in [0.2, 0.25) is 0 Å². The van der Waals surface area contributed by atoms with Gasteiger partial charge in [-0.25, -0.2) is 0 Å². The van der Waals surface area contributed by atoms with Crippen molar-refractivity contribution in [3.05, 3.63) is 46.4 Å². The van der Waals surface area contributed by atoms with E-state index in [2.05, 4.69) is 23.3 Å². The standard InChI is InChI=1S/C14H16N2O/c1-9-7-15-8-12(9)13-6-10-4-2-3-5-11(10)14(17)16-13/h2-6,9,12,15H,7-8H2,1H3,(H,16,17)/t9-,12-/m1/s1. The molecule has 2 heterocycles. The van der Waals surface area contributed by atoms with Gasteiger partial charge in [-0.15, -0.1) is 0 Å². The topological polar surface area (TPSA) is 44.9 Å². The molecule has 3 rings (SSSR count). The third kappa shape index (κ3) is 1.76. The van der Waals surface area contributed by atoms with Gasteiger partial charge in [0.15, 0.2) is 0 Å². The zero-order valence-electron chi connectivity index (χ0n) is 9.86. The summed E-state index contributed by atoms with van der Waals surface area (Å²) in [4.78, 5) is 15.0. The maximum atomic E-state index is 12.0. The molecule has 0 saturated carbocycles. The number of aromatic amines is 1. The molecule has 0 spiro atoms. The lowest BCUT2D eigenvalue weighted by Gasteiger charge is -2.14. The van der Waals surface area contributed by atoms with E-state index in [1.807, 2.05) is 24.3 Å². The van der Waals surface area contributed by atoms with Gasteiger partial charge in [0.05, 0.1) is 0 Å². The lowest BCUT2D eigenvalue weighted by Crippen LogP contribution is -2.16. The number of hydrogen-bond donors (Lipinski definition) is 2. The van der Waals surface area contributed by atoms with Crippen LogP contribution in [0.5, 0.6) is 0 Å². The minimum Gasteiger partial charge on any atom is -0.325 e. The van der Waals surface area contributed by atoms with Gasteiger partial charge in [0.1, 0.15) is 0 Å². The van der Waals surface area contributed by atoms with Crippen LogP contribution in [0.1, 0.15) is 18.5 Å². The zero-order chi connectivity index (χ0) is 11.8. The van der Waals surface area contributed by atoms with E-state index in [1.165, 1.54) is 0 Å². The summed E-state index contributed by atoms with van der Waals surface area (Å²) in [5.41, 5.74) is 1.09. The van der Waals surface area contributed by atoms with Crippen LogP contribution >= 0.6 is 0 Å². The predicted octanol–water partition coefficient (Wildman–Crippen LogP) is 1.85. The van der Waals surface area contributed by atoms with E-state index in [4.69, 9.17) is 0 Å². The smallest absolute Gasteiger partial charge is 0.256 e. The molecule has 0 bridgehead atoms. The molecule has 1 aliphatic rings. The average molecular weight is 228 g/mol. The van der Waals surface area contributed by atoms with E-state index in [9.17, 15) is 4.79 Å². The second-order valence-electron chi connectivity index (χ2n) is 4.88. The summed E-state index contributed by atoms with van der Waals surface area (Å²) in [6, 6.07) is 9.86. The molecular weight excluding hydrogens is 212 g/mol. The third-order valence-electron chi connectivity index (χ3n) is 3.69. The molecule has 17 heavy (non-hydrogen) atoms.